The van der Waals surface area contributed by atoms with E-state index in [9.17, 15) is 13.6 Å². The fourth-order valence-electron chi connectivity index (χ4n) is 1.23. The third-order valence-corrected chi connectivity index (χ3v) is 2.45. The topological polar surface area (TPSA) is 26.3 Å². The highest BCUT2D eigenvalue weighted by Crippen LogP contribution is 2.30. The van der Waals surface area contributed by atoms with Gasteiger partial charge in [-0.15, -0.1) is 0 Å². The lowest BCUT2D eigenvalue weighted by Crippen LogP contribution is -2.13. The minimum atomic E-state index is -0.932. The van der Waals surface area contributed by atoms with E-state index in [-0.39, 0.29) is 10.6 Å². The Balaban J connectivity index is 3.24. The zero-order chi connectivity index (χ0) is 11.6. The van der Waals surface area contributed by atoms with Crippen LogP contribution in [-0.2, 0) is 9.53 Å². The number of hydrogen-bond donors (Lipinski definition) is 0. The van der Waals surface area contributed by atoms with E-state index in [1.807, 2.05) is 0 Å². The number of carbonyl (C=O) groups excluding carboxylic acids is 1. The molecule has 0 aromatic heterocycles. The van der Waals surface area contributed by atoms with Crippen LogP contribution in [0.3, 0.4) is 0 Å². The fraction of sp³-hybridized carbons (Fsp3) is 0.300. The van der Waals surface area contributed by atoms with Crippen molar-refractivity contribution in [2.75, 3.05) is 7.11 Å². The standard InChI is InChI=1S/C10H9ClF2O2/c1-5(10(14)15-2)8-6(12)3-4-7(13)9(8)11/h3-5H,1-2H3. The van der Waals surface area contributed by atoms with Crippen LogP contribution in [-0.4, -0.2) is 13.1 Å². The molecule has 0 bridgehead atoms. The molecule has 1 atom stereocenters. The van der Waals surface area contributed by atoms with Crippen molar-refractivity contribution in [2.45, 2.75) is 12.8 Å². The molecule has 15 heavy (non-hydrogen) atoms. The number of methoxy groups -OCH3 is 1. The molecule has 0 N–H and O–H groups in total. The second-order valence-electron chi connectivity index (χ2n) is 3.00. The average molecular weight is 235 g/mol. The SMILES string of the molecule is COC(=O)C(C)c1c(F)ccc(F)c1Cl. The van der Waals surface area contributed by atoms with E-state index in [2.05, 4.69) is 4.74 Å². The first-order valence-corrected chi connectivity index (χ1v) is 4.58. The lowest BCUT2D eigenvalue weighted by Gasteiger charge is -2.12. The third kappa shape index (κ3) is 2.26. The highest BCUT2D eigenvalue weighted by atomic mass is 35.5. The lowest BCUT2D eigenvalue weighted by molar-refractivity contribution is -0.142. The number of rotatable bonds is 2. The Morgan fingerprint density at radius 1 is 1.40 bits per heavy atom. The van der Waals surface area contributed by atoms with Crippen LogP contribution in [0.15, 0.2) is 12.1 Å². The Kier molecular flexibility index (Phi) is 3.63. The van der Waals surface area contributed by atoms with E-state index in [1.54, 1.807) is 0 Å². The van der Waals surface area contributed by atoms with Gasteiger partial charge >= 0.3 is 5.97 Å². The zero-order valence-electron chi connectivity index (χ0n) is 8.18. The largest absolute Gasteiger partial charge is 0.469 e. The van der Waals surface area contributed by atoms with Crippen molar-refractivity contribution in [2.24, 2.45) is 0 Å². The van der Waals surface area contributed by atoms with Gasteiger partial charge in [-0.1, -0.05) is 11.6 Å². The number of halogens is 3. The Bertz CT molecular complexity index is 393. The second kappa shape index (κ2) is 4.57. The maximum atomic E-state index is 13.3. The normalized spacial score (nSPS) is 12.3. The molecule has 82 valence electrons. The summed E-state index contributed by atoms with van der Waals surface area (Å²) in [5, 5.41) is -0.382. The summed E-state index contributed by atoms with van der Waals surface area (Å²) in [7, 11) is 1.17. The van der Waals surface area contributed by atoms with Gasteiger partial charge in [-0.2, -0.15) is 0 Å². The van der Waals surface area contributed by atoms with Gasteiger partial charge in [0, 0.05) is 5.56 Å². The van der Waals surface area contributed by atoms with Crippen molar-refractivity contribution < 1.29 is 18.3 Å². The van der Waals surface area contributed by atoms with Crippen molar-refractivity contribution >= 4 is 17.6 Å². The van der Waals surface area contributed by atoms with Gasteiger partial charge in [0.2, 0.25) is 0 Å². The van der Waals surface area contributed by atoms with Gasteiger partial charge in [0.15, 0.2) is 0 Å². The maximum Gasteiger partial charge on any atom is 0.313 e. The summed E-state index contributed by atoms with van der Waals surface area (Å²) in [4.78, 5) is 11.2. The van der Waals surface area contributed by atoms with Crippen molar-refractivity contribution in [3.05, 3.63) is 34.4 Å². The van der Waals surface area contributed by atoms with E-state index in [0.717, 1.165) is 12.1 Å². The van der Waals surface area contributed by atoms with Crippen LogP contribution >= 0.6 is 11.6 Å². The van der Waals surface area contributed by atoms with Crippen molar-refractivity contribution in [1.29, 1.82) is 0 Å². The molecule has 1 aromatic carbocycles. The predicted molar refractivity (Wildman–Crippen MR) is 51.8 cm³/mol. The monoisotopic (exact) mass is 234 g/mol. The Labute approximate surface area is 90.8 Å². The molecule has 1 aromatic rings. The van der Waals surface area contributed by atoms with Gasteiger partial charge in [-0.3, -0.25) is 4.79 Å². The molecule has 0 amide bonds. The van der Waals surface area contributed by atoms with Crippen LogP contribution in [0.5, 0.6) is 0 Å². The molecule has 0 radical (unpaired) electrons. The molecule has 5 heteroatoms. The fourth-order valence-corrected chi connectivity index (χ4v) is 1.55. The molecule has 0 aliphatic heterocycles. The summed E-state index contributed by atoms with van der Waals surface area (Å²) in [6, 6.07) is 1.83. The molecule has 0 heterocycles. The number of hydrogen-bond acceptors (Lipinski definition) is 2. The zero-order valence-corrected chi connectivity index (χ0v) is 8.94. The second-order valence-corrected chi connectivity index (χ2v) is 3.38. The first-order chi connectivity index (χ1) is 6.99. The summed E-state index contributed by atoms with van der Waals surface area (Å²) in [5.74, 6) is -3.08. The van der Waals surface area contributed by atoms with Gasteiger partial charge in [0.25, 0.3) is 0 Å². The van der Waals surface area contributed by atoms with Gasteiger partial charge in [-0.25, -0.2) is 8.78 Å². The molecule has 1 unspecified atom stereocenters. The number of benzene rings is 1. The van der Waals surface area contributed by atoms with Crippen LogP contribution in [0, 0.1) is 11.6 Å². The van der Waals surface area contributed by atoms with Crippen LogP contribution in [0.4, 0.5) is 8.78 Å². The smallest absolute Gasteiger partial charge is 0.313 e. The molecule has 0 aliphatic carbocycles. The van der Waals surface area contributed by atoms with Crippen molar-refractivity contribution in [3.63, 3.8) is 0 Å². The van der Waals surface area contributed by atoms with Gasteiger partial charge in [0.05, 0.1) is 18.1 Å². The molecule has 2 nitrogen and oxygen atoms in total. The van der Waals surface area contributed by atoms with Gasteiger partial charge < -0.3 is 4.74 Å². The molecule has 0 saturated heterocycles. The molecule has 0 aliphatic rings. The van der Waals surface area contributed by atoms with Crippen molar-refractivity contribution in [1.82, 2.24) is 0 Å². The minimum Gasteiger partial charge on any atom is -0.469 e. The van der Waals surface area contributed by atoms with Crippen LogP contribution in [0.25, 0.3) is 0 Å². The van der Waals surface area contributed by atoms with E-state index in [0.29, 0.717) is 0 Å². The first-order valence-electron chi connectivity index (χ1n) is 4.20. The quantitative estimate of drug-likeness (QED) is 0.581. The Morgan fingerprint density at radius 2 is 1.93 bits per heavy atom. The predicted octanol–water partition coefficient (Wildman–Crippen LogP) is 2.89. The highest BCUT2D eigenvalue weighted by molar-refractivity contribution is 6.31. The molecular weight excluding hydrogens is 226 g/mol. The Hall–Kier alpha value is -1.16. The summed E-state index contributed by atoms with van der Waals surface area (Å²) >= 11 is 5.57. The van der Waals surface area contributed by atoms with Gasteiger partial charge in [0.1, 0.15) is 11.6 Å². The third-order valence-electron chi connectivity index (χ3n) is 2.07. The highest BCUT2D eigenvalue weighted by Gasteiger charge is 2.24. The molecule has 1 rings (SSSR count). The van der Waals surface area contributed by atoms with E-state index >= 15 is 0 Å². The van der Waals surface area contributed by atoms with Crippen molar-refractivity contribution in [3.8, 4) is 0 Å². The average Bonchev–Trinajstić information content (AvgIpc) is 2.22. The summed E-state index contributed by atoms with van der Waals surface area (Å²) in [6.07, 6.45) is 0. The summed E-state index contributed by atoms with van der Waals surface area (Å²) in [6.45, 7) is 1.40. The molecule has 0 fully saturated rings. The van der Waals surface area contributed by atoms with Gasteiger partial charge in [-0.05, 0) is 19.1 Å². The lowest BCUT2D eigenvalue weighted by atomic mass is 10.0. The molecule has 0 saturated carbocycles. The van der Waals surface area contributed by atoms with E-state index in [4.69, 9.17) is 11.6 Å². The summed E-state index contributed by atoms with van der Waals surface area (Å²) < 4.78 is 30.8. The number of ether oxygens (including phenoxy) is 1. The maximum absolute atomic E-state index is 13.3. The van der Waals surface area contributed by atoms with Crippen LogP contribution in [0.2, 0.25) is 5.02 Å². The number of carbonyl (C=O) groups is 1. The molecule has 0 spiro atoms. The van der Waals surface area contributed by atoms with E-state index < -0.39 is 23.5 Å². The molecular formula is C10H9ClF2O2. The first kappa shape index (κ1) is 11.9. The van der Waals surface area contributed by atoms with E-state index in [1.165, 1.54) is 14.0 Å². The van der Waals surface area contributed by atoms with Crippen LogP contribution in [0.1, 0.15) is 18.4 Å². The van der Waals surface area contributed by atoms with Crippen LogP contribution < -0.4 is 0 Å². The Morgan fingerprint density at radius 3 is 2.47 bits per heavy atom. The minimum absolute atomic E-state index is 0.177. The summed E-state index contributed by atoms with van der Waals surface area (Å²) in [5.41, 5.74) is -0.177. The number of esters is 1.